The molecule has 172 valence electrons. The van der Waals surface area contributed by atoms with E-state index in [1.54, 1.807) is 0 Å². The Balaban J connectivity index is 1.43. The molecular weight excluding hydrogens is 422 g/mol. The van der Waals surface area contributed by atoms with Gasteiger partial charge in [-0.15, -0.1) is 0 Å². The second kappa shape index (κ2) is 9.02. The van der Waals surface area contributed by atoms with E-state index in [4.69, 9.17) is 21.1 Å². The fraction of sp³-hybridized carbons (Fsp3) is 0.222. The third kappa shape index (κ3) is 4.37. The van der Waals surface area contributed by atoms with Crippen LogP contribution in [0.25, 0.3) is 22.1 Å². The monoisotopic (exact) mass is 451 g/mol. The molecule has 0 fully saturated rings. The van der Waals surface area contributed by atoms with Crippen molar-refractivity contribution in [3.05, 3.63) is 89.5 Å². The molecule has 1 atom stereocenters. The Morgan fingerprint density at radius 2 is 1.59 bits per heavy atom. The molecule has 0 aliphatic rings. The van der Waals surface area contributed by atoms with E-state index in [-0.39, 0.29) is 11.8 Å². The number of anilines is 1. The van der Waals surface area contributed by atoms with Crippen LogP contribution >= 0.6 is 0 Å². The van der Waals surface area contributed by atoms with Crippen LogP contribution in [0, 0.1) is 5.41 Å². The van der Waals surface area contributed by atoms with Crippen LogP contribution < -0.4 is 10.6 Å². The first-order valence-corrected chi connectivity index (χ1v) is 11.5. The number of aromatic nitrogens is 4. The summed E-state index contributed by atoms with van der Waals surface area (Å²) in [6, 6.07) is 22.5. The van der Waals surface area contributed by atoms with E-state index in [1.807, 2.05) is 42.5 Å². The number of benzene rings is 3. The minimum absolute atomic E-state index is 0.00151. The first-order valence-electron chi connectivity index (χ1n) is 11.5. The van der Waals surface area contributed by atoms with Crippen molar-refractivity contribution < 1.29 is 0 Å². The normalized spacial score (nSPS) is 12.3. The smallest absolute Gasteiger partial charge is 0.122 e. The predicted octanol–water partition coefficient (Wildman–Crippen LogP) is 4.94. The molecule has 2 heterocycles. The molecule has 34 heavy (non-hydrogen) atoms. The lowest BCUT2D eigenvalue weighted by atomic mass is 9.98. The largest absolute Gasteiger partial charge is 0.384 e. The Morgan fingerprint density at radius 1 is 0.912 bits per heavy atom. The summed E-state index contributed by atoms with van der Waals surface area (Å²) in [6.45, 7) is 0. The summed E-state index contributed by atoms with van der Waals surface area (Å²) >= 11 is 0. The minimum atomic E-state index is 0.00151. The molecule has 5 aromatic rings. The highest BCUT2D eigenvalue weighted by atomic mass is 15.1. The topological polar surface area (TPSA) is 110 Å². The zero-order valence-corrected chi connectivity index (χ0v) is 19.5. The van der Waals surface area contributed by atoms with E-state index in [0.717, 1.165) is 53.0 Å². The van der Waals surface area contributed by atoms with Crippen molar-refractivity contribution in [1.29, 1.82) is 5.41 Å². The molecule has 5 rings (SSSR count). The first-order chi connectivity index (χ1) is 16.5. The molecule has 0 amide bonds. The van der Waals surface area contributed by atoms with Crippen LogP contribution in [0.4, 0.5) is 5.69 Å². The number of aryl methyl sites for hydroxylation is 1. The number of amidine groups is 1. The molecule has 0 aliphatic heterocycles. The van der Waals surface area contributed by atoms with Gasteiger partial charge in [0.15, 0.2) is 0 Å². The Hall–Kier alpha value is -4.13. The van der Waals surface area contributed by atoms with Crippen LogP contribution in [-0.4, -0.2) is 39.9 Å². The highest BCUT2D eigenvalue weighted by molar-refractivity contribution is 5.97. The van der Waals surface area contributed by atoms with Crippen molar-refractivity contribution in [2.24, 2.45) is 5.73 Å². The fourth-order valence-electron chi connectivity index (χ4n) is 4.37. The maximum Gasteiger partial charge on any atom is 0.122 e. The quantitative estimate of drug-likeness (QED) is 0.198. The van der Waals surface area contributed by atoms with Gasteiger partial charge in [-0.1, -0.05) is 24.3 Å². The summed E-state index contributed by atoms with van der Waals surface area (Å²) in [4.78, 5) is 18.9. The van der Waals surface area contributed by atoms with Crippen molar-refractivity contribution in [3.8, 4) is 0 Å². The van der Waals surface area contributed by atoms with Gasteiger partial charge < -0.3 is 20.6 Å². The maximum absolute atomic E-state index is 7.73. The standard InChI is InChI=1S/C27H29N7/c1-34(2)19-13-10-17(11-14-19)6-5-7-20(26-30-21-8-3-4-9-22(21)31-26)27-32-23-15-12-18(25(28)29)16-24(23)33-27/h3-4,8-16,20H,5-7H2,1-2H3,(H3,28,29)(H,30,31)(H,32,33). The number of hydrogen-bond acceptors (Lipinski definition) is 4. The number of nitrogens with one attached hydrogen (secondary N) is 3. The zero-order valence-electron chi connectivity index (χ0n) is 19.5. The highest BCUT2D eigenvalue weighted by Gasteiger charge is 2.22. The summed E-state index contributed by atoms with van der Waals surface area (Å²) in [5, 5.41) is 7.73. The van der Waals surface area contributed by atoms with Gasteiger partial charge in [0.1, 0.15) is 17.5 Å². The first kappa shape index (κ1) is 21.7. The molecule has 0 bridgehead atoms. The van der Waals surface area contributed by atoms with E-state index >= 15 is 0 Å². The van der Waals surface area contributed by atoms with Crippen molar-refractivity contribution >= 4 is 33.6 Å². The maximum atomic E-state index is 7.73. The zero-order chi connectivity index (χ0) is 23.7. The van der Waals surface area contributed by atoms with Crippen molar-refractivity contribution in [2.75, 3.05) is 19.0 Å². The molecule has 0 aliphatic carbocycles. The van der Waals surface area contributed by atoms with Crippen LogP contribution in [0.1, 0.15) is 41.5 Å². The van der Waals surface area contributed by atoms with Crippen molar-refractivity contribution in [1.82, 2.24) is 19.9 Å². The summed E-state index contributed by atoms with van der Waals surface area (Å²) < 4.78 is 0. The number of fused-ring (bicyclic) bond motifs is 2. The number of imidazole rings is 2. The summed E-state index contributed by atoms with van der Waals surface area (Å²) in [6.07, 6.45) is 2.88. The molecule has 2 aromatic heterocycles. The molecule has 1 unspecified atom stereocenters. The number of aromatic amines is 2. The Kier molecular flexibility index (Phi) is 5.76. The summed E-state index contributed by atoms with van der Waals surface area (Å²) in [5.41, 5.74) is 12.6. The van der Waals surface area contributed by atoms with Gasteiger partial charge in [0.05, 0.1) is 28.0 Å². The Labute approximate surface area is 198 Å². The molecule has 3 aromatic carbocycles. The molecule has 0 radical (unpaired) electrons. The predicted molar refractivity (Wildman–Crippen MR) is 139 cm³/mol. The fourth-order valence-corrected chi connectivity index (χ4v) is 4.37. The summed E-state index contributed by atoms with van der Waals surface area (Å²) in [5.74, 6) is 1.83. The van der Waals surface area contributed by atoms with Gasteiger partial charge in [-0.3, -0.25) is 5.41 Å². The van der Waals surface area contributed by atoms with Crippen LogP contribution in [0.3, 0.4) is 0 Å². The van der Waals surface area contributed by atoms with Crippen LogP contribution in [-0.2, 0) is 6.42 Å². The average Bonchev–Trinajstić information content (AvgIpc) is 3.45. The molecule has 7 nitrogen and oxygen atoms in total. The number of nitrogens with zero attached hydrogens (tertiary/aromatic N) is 3. The second-order valence-electron chi connectivity index (χ2n) is 8.91. The van der Waals surface area contributed by atoms with Crippen LogP contribution in [0.5, 0.6) is 0 Å². The van der Waals surface area contributed by atoms with Gasteiger partial charge in [-0.2, -0.15) is 0 Å². The van der Waals surface area contributed by atoms with Gasteiger partial charge in [0, 0.05) is 25.3 Å². The van der Waals surface area contributed by atoms with Crippen LogP contribution in [0.2, 0.25) is 0 Å². The molecule has 7 heteroatoms. The average molecular weight is 452 g/mol. The van der Waals surface area contributed by atoms with Gasteiger partial charge in [-0.05, 0) is 67.3 Å². The van der Waals surface area contributed by atoms with Crippen LogP contribution in [0.15, 0.2) is 66.7 Å². The third-order valence-corrected chi connectivity index (χ3v) is 6.29. The van der Waals surface area contributed by atoms with E-state index < -0.39 is 0 Å². The Bertz CT molecular complexity index is 1410. The van der Waals surface area contributed by atoms with Crippen molar-refractivity contribution in [3.63, 3.8) is 0 Å². The third-order valence-electron chi connectivity index (χ3n) is 6.29. The number of H-pyrrole nitrogens is 2. The van der Waals surface area contributed by atoms with E-state index in [2.05, 4.69) is 53.2 Å². The lowest BCUT2D eigenvalue weighted by Gasteiger charge is -2.14. The number of nitrogen functional groups attached to an aromatic ring is 1. The lowest BCUT2D eigenvalue weighted by Crippen LogP contribution is -2.10. The van der Waals surface area contributed by atoms with Gasteiger partial charge in [-0.25, -0.2) is 9.97 Å². The summed E-state index contributed by atoms with van der Waals surface area (Å²) in [7, 11) is 4.11. The second-order valence-corrected chi connectivity index (χ2v) is 8.91. The number of rotatable bonds is 8. The van der Waals surface area contributed by atoms with Gasteiger partial charge in [0.2, 0.25) is 0 Å². The van der Waals surface area contributed by atoms with E-state index in [1.165, 1.54) is 11.3 Å². The minimum Gasteiger partial charge on any atom is -0.384 e. The van der Waals surface area contributed by atoms with Gasteiger partial charge in [0.25, 0.3) is 0 Å². The molecular formula is C27H29N7. The molecule has 5 N–H and O–H groups in total. The number of hydrogen-bond donors (Lipinski definition) is 4. The Morgan fingerprint density at radius 3 is 2.26 bits per heavy atom. The molecule has 0 spiro atoms. The highest BCUT2D eigenvalue weighted by Crippen LogP contribution is 2.30. The van der Waals surface area contributed by atoms with E-state index in [9.17, 15) is 0 Å². The number of nitrogens with two attached hydrogens (primary N) is 1. The van der Waals surface area contributed by atoms with Crippen molar-refractivity contribution in [2.45, 2.75) is 25.2 Å². The van der Waals surface area contributed by atoms with Gasteiger partial charge >= 0.3 is 0 Å². The SMILES string of the molecule is CN(C)c1ccc(CCCC(c2nc3ccccc3[nH]2)c2nc3ccc(C(=N)N)cc3[nH]2)cc1. The molecule has 0 saturated carbocycles. The number of para-hydroxylation sites is 2. The molecule has 0 saturated heterocycles. The lowest BCUT2D eigenvalue weighted by molar-refractivity contribution is 0.616. The van der Waals surface area contributed by atoms with E-state index in [0.29, 0.717) is 5.56 Å².